The lowest BCUT2D eigenvalue weighted by atomic mass is 9.82. The molecule has 27 heavy (non-hydrogen) atoms. The second-order valence-corrected chi connectivity index (χ2v) is 7.78. The van der Waals surface area contributed by atoms with Crippen LogP contribution in [-0.4, -0.2) is 24.5 Å². The van der Waals surface area contributed by atoms with Crippen LogP contribution in [0, 0.1) is 17.8 Å². The molecule has 0 heterocycles. The van der Waals surface area contributed by atoms with Gasteiger partial charge < -0.3 is 15.4 Å². The molecule has 1 saturated carbocycles. The summed E-state index contributed by atoms with van der Waals surface area (Å²) in [6, 6.07) is 6.79. The number of carbonyl (C=O) groups is 2. The maximum absolute atomic E-state index is 12.8. The largest absolute Gasteiger partial charge is 0.494 e. The molecule has 0 unspecified atom stereocenters. The highest BCUT2D eigenvalue weighted by molar-refractivity contribution is 5.97. The molecule has 2 amide bonds. The van der Waals surface area contributed by atoms with Crippen LogP contribution in [0.1, 0.15) is 59.8 Å². The number of hydrogen-bond acceptors (Lipinski definition) is 3. The molecule has 5 heteroatoms. The Morgan fingerprint density at radius 3 is 2.30 bits per heavy atom. The fourth-order valence-corrected chi connectivity index (χ4v) is 3.52. The third-order valence-corrected chi connectivity index (χ3v) is 5.61. The number of nitrogens with one attached hydrogen (secondary N) is 2. The van der Waals surface area contributed by atoms with Crippen LogP contribution in [0.2, 0.25) is 0 Å². The smallest absolute Gasteiger partial charge is 0.247 e. The average Bonchev–Trinajstić information content (AvgIpc) is 2.67. The minimum absolute atomic E-state index is 0.0223. The molecular weight excluding hydrogens is 340 g/mol. The molecule has 1 fully saturated rings. The average molecular weight is 375 g/mol. The van der Waals surface area contributed by atoms with E-state index in [0.717, 1.165) is 37.9 Å². The monoisotopic (exact) mass is 374 g/mol. The molecule has 0 aliphatic heterocycles. The van der Waals surface area contributed by atoms with Gasteiger partial charge in [0, 0.05) is 11.6 Å². The second-order valence-electron chi connectivity index (χ2n) is 7.78. The molecule has 1 aromatic carbocycles. The SMILES string of the molecule is CCOc1ccc(NC(=O)[C@@H](NC(=O)C2CCC(C)CC2)[C@@H](C)CC)cc1. The van der Waals surface area contributed by atoms with E-state index >= 15 is 0 Å². The van der Waals surface area contributed by atoms with Crippen LogP contribution >= 0.6 is 0 Å². The van der Waals surface area contributed by atoms with Crippen molar-refractivity contribution in [1.29, 1.82) is 0 Å². The van der Waals surface area contributed by atoms with Crippen molar-refractivity contribution < 1.29 is 14.3 Å². The van der Waals surface area contributed by atoms with Gasteiger partial charge in [-0.1, -0.05) is 27.2 Å². The van der Waals surface area contributed by atoms with Crippen molar-refractivity contribution >= 4 is 17.5 Å². The number of amides is 2. The fraction of sp³-hybridized carbons (Fsp3) is 0.636. The van der Waals surface area contributed by atoms with E-state index in [2.05, 4.69) is 17.6 Å². The lowest BCUT2D eigenvalue weighted by molar-refractivity contribution is -0.131. The summed E-state index contributed by atoms with van der Waals surface area (Å²) in [7, 11) is 0. The second kappa shape index (κ2) is 10.3. The predicted molar refractivity (Wildman–Crippen MR) is 109 cm³/mol. The standard InChI is InChI=1S/C22H34N2O3/c1-5-16(4)20(24-21(25)17-9-7-15(3)8-10-17)22(26)23-18-11-13-19(14-12-18)27-6-2/h11-17,20H,5-10H2,1-4H3,(H,23,26)(H,24,25)/t15?,16-,17?,20-/m0/s1. The first-order valence-electron chi connectivity index (χ1n) is 10.3. The van der Waals surface area contributed by atoms with E-state index in [9.17, 15) is 9.59 Å². The quantitative estimate of drug-likeness (QED) is 0.709. The van der Waals surface area contributed by atoms with E-state index in [-0.39, 0.29) is 23.7 Å². The molecule has 150 valence electrons. The Balaban J connectivity index is 1.99. The Morgan fingerprint density at radius 1 is 1.11 bits per heavy atom. The van der Waals surface area contributed by atoms with Crippen molar-refractivity contribution in [2.75, 3.05) is 11.9 Å². The highest BCUT2D eigenvalue weighted by atomic mass is 16.5. The summed E-state index contributed by atoms with van der Waals surface area (Å²) in [6.07, 6.45) is 4.83. The first kappa shape index (κ1) is 21.3. The van der Waals surface area contributed by atoms with E-state index in [1.54, 1.807) is 0 Å². The number of rotatable bonds is 8. The first-order valence-corrected chi connectivity index (χ1v) is 10.3. The van der Waals surface area contributed by atoms with Crippen molar-refractivity contribution in [3.63, 3.8) is 0 Å². The number of anilines is 1. The molecule has 2 rings (SSSR count). The molecular formula is C22H34N2O3. The van der Waals surface area contributed by atoms with Crippen LogP contribution < -0.4 is 15.4 Å². The van der Waals surface area contributed by atoms with Crippen molar-refractivity contribution in [2.45, 2.75) is 65.8 Å². The molecule has 1 aliphatic rings. The molecule has 1 aliphatic carbocycles. The van der Waals surface area contributed by atoms with Gasteiger partial charge in [0.15, 0.2) is 0 Å². The van der Waals surface area contributed by atoms with Crippen LogP contribution in [0.5, 0.6) is 5.75 Å². The van der Waals surface area contributed by atoms with Gasteiger partial charge in [-0.05, 0) is 68.7 Å². The summed E-state index contributed by atoms with van der Waals surface area (Å²) in [5.41, 5.74) is 0.706. The minimum atomic E-state index is -0.520. The molecule has 1 aromatic rings. The van der Waals surface area contributed by atoms with Gasteiger partial charge >= 0.3 is 0 Å². The minimum Gasteiger partial charge on any atom is -0.494 e. The zero-order valence-corrected chi connectivity index (χ0v) is 17.1. The van der Waals surface area contributed by atoms with Crippen molar-refractivity contribution in [1.82, 2.24) is 5.32 Å². The van der Waals surface area contributed by atoms with Crippen molar-refractivity contribution in [3.8, 4) is 5.75 Å². The normalized spacial score (nSPS) is 21.8. The maximum atomic E-state index is 12.8. The van der Waals surface area contributed by atoms with E-state index in [1.165, 1.54) is 0 Å². The van der Waals surface area contributed by atoms with Crippen LogP contribution in [-0.2, 0) is 9.59 Å². The zero-order chi connectivity index (χ0) is 19.8. The summed E-state index contributed by atoms with van der Waals surface area (Å²) in [5.74, 6) is 1.43. The van der Waals surface area contributed by atoms with Crippen LogP contribution in [0.4, 0.5) is 5.69 Å². The highest BCUT2D eigenvalue weighted by Crippen LogP contribution is 2.28. The maximum Gasteiger partial charge on any atom is 0.247 e. The summed E-state index contributed by atoms with van der Waals surface area (Å²) >= 11 is 0. The number of carbonyl (C=O) groups excluding carboxylic acids is 2. The van der Waals surface area contributed by atoms with Crippen molar-refractivity contribution in [2.24, 2.45) is 17.8 Å². The number of ether oxygens (including phenoxy) is 1. The van der Waals surface area contributed by atoms with Gasteiger partial charge in [0.1, 0.15) is 11.8 Å². The molecule has 0 saturated heterocycles. The number of benzene rings is 1. The van der Waals surface area contributed by atoms with Gasteiger partial charge in [-0.15, -0.1) is 0 Å². The summed E-state index contributed by atoms with van der Waals surface area (Å²) < 4.78 is 5.43. The third kappa shape index (κ3) is 6.26. The molecule has 0 radical (unpaired) electrons. The van der Waals surface area contributed by atoms with E-state index < -0.39 is 6.04 Å². The Hall–Kier alpha value is -2.04. The Bertz CT molecular complexity index is 606. The predicted octanol–water partition coefficient (Wildman–Crippen LogP) is 4.38. The third-order valence-electron chi connectivity index (χ3n) is 5.61. The molecule has 2 N–H and O–H groups in total. The van der Waals surface area contributed by atoms with E-state index in [4.69, 9.17) is 4.74 Å². The topological polar surface area (TPSA) is 67.4 Å². The van der Waals surface area contributed by atoms with Gasteiger partial charge in [-0.2, -0.15) is 0 Å². The molecule has 0 bridgehead atoms. The van der Waals surface area contributed by atoms with Gasteiger partial charge in [-0.25, -0.2) is 0 Å². The van der Waals surface area contributed by atoms with Crippen LogP contribution in [0.25, 0.3) is 0 Å². The van der Waals surface area contributed by atoms with E-state index in [0.29, 0.717) is 18.2 Å². The fourth-order valence-electron chi connectivity index (χ4n) is 3.52. The Labute approximate surface area is 163 Å². The van der Waals surface area contributed by atoms with Crippen LogP contribution in [0.3, 0.4) is 0 Å². The highest BCUT2D eigenvalue weighted by Gasteiger charge is 2.30. The summed E-state index contributed by atoms with van der Waals surface area (Å²) in [5, 5.41) is 5.96. The molecule has 0 aromatic heterocycles. The lowest BCUT2D eigenvalue weighted by Gasteiger charge is -2.29. The van der Waals surface area contributed by atoms with Gasteiger partial charge in [-0.3, -0.25) is 9.59 Å². The molecule has 2 atom stereocenters. The summed E-state index contributed by atoms with van der Waals surface area (Å²) in [6.45, 7) is 8.82. The van der Waals surface area contributed by atoms with E-state index in [1.807, 2.05) is 45.0 Å². The Morgan fingerprint density at radius 2 is 1.74 bits per heavy atom. The Kier molecular flexibility index (Phi) is 8.14. The first-order chi connectivity index (χ1) is 12.9. The lowest BCUT2D eigenvalue weighted by Crippen LogP contribution is -2.49. The number of hydrogen-bond donors (Lipinski definition) is 2. The molecule has 0 spiro atoms. The van der Waals surface area contributed by atoms with Crippen molar-refractivity contribution in [3.05, 3.63) is 24.3 Å². The van der Waals surface area contributed by atoms with Crippen LogP contribution in [0.15, 0.2) is 24.3 Å². The van der Waals surface area contributed by atoms with Gasteiger partial charge in [0.25, 0.3) is 0 Å². The zero-order valence-electron chi connectivity index (χ0n) is 17.1. The molecule has 5 nitrogen and oxygen atoms in total. The summed E-state index contributed by atoms with van der Waals surface area (Å²) in [4.78, 5) is 25.5. The van der Waals surface area contributed by atoms with Gasteiger partial charge in [0.05, 0.1) is 6.61 Å². The van der Waals surface area contributed by atoms with Gasteiger partial charge in [0.2, 0.25) is 11.8 Å².